The maximum Gasteiger partial charge on any atom is 0.0714 e. The van der Waals surface area contributed by atoms with E-state index in [1.54, 1.807) is 0 Å². The molecule has 1 atom stereocenters. The molecule has 1 aromatic heterocycles. The topological polar surface area (TPSA) is 8.17 Å². The van der Waals surface area contributed by atoms with Crippen LogP contribution in [0.2, 0.25) is 0 Å². The van der Waals surface area contributed by atoms with Crippen molar-refractivity contribution < 1.29 is 0 Å². The number of para-hydroxylation sites is 4. The second kappa shape index (κ2) is 12.5. The van der Waals surface area contributed by atoms with Crippen molar-refractivity contribution in [3.8, 4) is 16.8 Å². The minimum absolute atomic E-state index is 0.576. The number of fused-ring (bicyclic) bond motifs is 7. The Labute approximate surface area is 320 Å². The Morgan fingerprint density at radius 2 is 0.818 bits per heavy atom. The van der Waals surface area contributed by atoms with Crippen molar-refractivity contribution in [1.82, 2.24) is 4.57 Å². The van der Waals surface area contributed by atoms with Crippen LogP contribution in [0.4, 0.5) is 17.1 Å². The van der Waals surface area contributed by atoms with E-state index in [9.17, 15) is 0 Å². The van der Waals surface area contributed by atoms with Crippen LogP contribution < -0.4 is 4.90 Å². The molecule has 0 aliphatic heterocycles. The van der Waals surface area contributed by atoms with Gasteiger partial charge in [0.15, 0.2) is 0 Å². The first-order chi connectivity index (χ1) is 27.3. The van der Waals surface area contributed by atoms with Crippen LogP contribution in [0.5, 0.6) is 0 Å². The zero-order valence-electron chi connectivity index (χ0n) is 30.2. The zero-order chi connectivity index (χ0) is 36.3. The number of hydrogen-bond acceptors (Lipinski definition) is 1. The summed E-state index contributed by atoms with van der Waals surface area (Å²) in [6.07, 6.45) is 0. The van der Waals surface area contributed by atoms with Gasteiger partial charge in [-0.2, -0.15) is 0 Å². The van der Waals surface area contributed by atoms with E-state index in [1.165, 1.54) is 66.0 Å². The van der Waals surface area contributed by atoms with Crippen molar-refractivity contribution in [3.05, 3.63) is 241 Å². The molecule has 258 valence electrons. The molecule has 0 amide bonds. The quantitative estimate of drug-likeness (QED) is 0.168. The molecule has 1 unspecified atom stereocenters. The van der Waals surface area contributed by atoms with E-state index in [4.69, 9.17) is 0 Å². The fraction of sp³-hybridized carbons (Fsp3) is 0.0189. The molecule has 1 aliphatic carbocycles. The fourth-order valence-corrected chi connectivity index (χ4v) is 9.27. The first-order valence-corrected chi connectivity index (χ1v) is 19.0. The highest BCUT2D eigenvalue weighted by molar-refractivity contribution is 6.09. The third kappa shape index (κ3) is 4.75. The van der Waals surface area contributed by atoms with Crippen molar-refractivity contribution in [3.63, 3.8) is 0 Å². The predicted octanol–water partition coefficient (Wildman–Crippen LogP) is 13.8. The van der Waals surface area contributed by atoms with E-state index in [0.717, 1.165) is 22.7 Å². The van der Waals surface area contributed by atoms with Crippen LogP contribution in [-0.2, 0) is 5.41 Å². The largest absolute Gasteiger partial charge is 0.311 e. The molecule has 0 N–H and O–H groups in total. The molecule has 0 spiro atoms. The third-order valence-electron chi connectivity index (χ3n) is 11.6. The molecule has 0 saturated carbocycles. The SMILES string of the molecule is c1ccc(N(c2ccccc2)c2ccc(C3(c4ccccc4)c4cc(-n5c6ccccc6c6ccccc65)ccc4-c4cc5ccccc5cc43)cc2)cc1. The van der Waals surface area contributed by atoms with Crippen LogP contribution in [0.25, 0.3) is 49.4 Å². The highest BCUT2D eigenvalue weighted by Gasteiger charge is 2.46. The first kappa shape index (κ1) is 31.4. The van der Waals surface area contributed by atoms with Crippen LogP contribution in [0.1, 0.15) is 22.3 Å². The molecule has 2 heteroatoms. The molecule has 0 radical (unpaired) electrons. The Hall–Kier alpha value is -7.16. The Balaban J connectivity index is 1.20. The lowest BCUT2D eigenvalue weighted by molar-refractivity contribution is 0.768. The molecular formula is C53H36N2. The summed E-state index contributed by atoms with van der Waals surface area (Å²) in [7, 11) is 0. The maximum atomic E-state index is 2.47. The summed E-state index contributed by atoms with van der Waals surface area (Å²) in [6.45, 7) is 0. The minimum atomic E-state index is -0.576. The van der Waals surface area contributed by atoms with Gasteiger partial charge in [-0.05, 0) is 117 Å². The number of aromatic nitrogens is 1. The summed E-state index contributed by atoms with van der Waals surface area (Å²) in [5.74, 6) is 0. The van der Waals surface area contributed by atoms with Gasteiger partial charge in [0, 0.05) is 33.5 Å². The summed E-state index contributed by atoms with van der Waals surface area (Å²) in [5.41, 5.74) is 14.0. The van der Waals surface area contributed by atoms with Crippen molar-refractivity contribution >= 4 is 49.6 Å². The predicted molar refractivity (Wildman–Crippen MR) is 230 cm³/mol. The van der Waals surface area contributed by atoms with Crippen molar-refractivity contribution in [2.75, 3.05) is 4.90 Å². The number of anilines is 3. The molecule has 1 heterocycles. The molecule has 0 bridgehead atoms. The number of nitrogens with zero attached hydrogens (tertiary/aromatic N) is 2. The summed E-state index contributed by atoms with van der Waals surface area (Å²) in [5, 5.41) is 5.02. The summed E-state index contributed by atoms with van der Waals surface area (Å²) < 4.78 is 2.45. The second-order valence-corrected chi connectivity index (χ2v) is 14.5. The Bertz CT molecular complexity index is 2930. The Morgan fingerprint density at radius 3 is 1.44 bits per heavy atom. The van der Waals surface area contributed by atoms with Crippen LogP contribution in [0, 0.1) is 0 Å². The molecule has 11 rings (SSSR count). The lowest BCUT2D eigenvalue weighted by Crippen LogP contribution is -2.28. The maximum absolute atomic E-state index is 2.47. The van der Waals surface area contributed by atoms with Gasteiger partial charge >= 0.3 is 0 Å². The van der Waals surface area contributed by atoms with Gasteiger partial charge in [-0.3, -0.25) is 0 Å². The van der Waals surface area contributed by atoms with E-state index in [2.05, 4.69) is 228 Å². The first-order valence-electron chi connectivity index (χ1n) is 19.0. The summed E-state index contributed by atoms with van der Waals surface area (Å²) >= 11 is 0. The lowest BCUT2D eigenvalue weighted by atomic mass is 9.67. The molecule has 0 fully saturated rings. The standard InChI is InChI=1S/C53H36N2/c1-4-18-39(19-5-1)53(40-28-30-43(31-29-40)54(41-20-6-2-7-21-41)42-22-8-3-9-23-42)49-35-38-17-11-10-16-37(38)34-48(49)45-33-32-44(36-50(45)53)55-51-26-14-12-24-46(51)47-25-13-15-27-52(47)55/h1-36H. The van der Waals surface area contributed by atoms with Gasteiger partial charge in [0.05, 0.1) is 16.4 Å². The molecule has 9 aromatic carbocycles. The van der Waals surface area contributed by atoms with Crippen LogP contribution in [-0.4, -0.2) is 4.57 Å². The Kier molecular flexibility index (Phi) is 7.11. The van der Waals surface area contributed by atoms with Crippen LogP contribution >= 0.6 is 0 Å². The molecule has 2 nitrogen and oxygen atoms in total. The molecule has 0 saturated heterocycles. The van der Waals surface area contributed by atoms with Gasteiger partial charge in [-0.25, -0.2) is 0 Å². The molecule has 55 heavy (non-hydrogen) atoms. The third-order valence-corrected chi connectivity index (χ3v) is 11.6. The Morgan fingerprint density at radius 1 is 0.345 bits per heavy atom. The number of rotatable bonds is 6. The van der Waals surface area contributed by atoms with E-state index in [-0.39, 0.29) is 0 Å². The van der Waals surface area contributed by atoms with E-state index < -0.39 is 5.41 Å². The fourth-order valence-electron chi connectivity index (χ4n) is 9.27. The van der Waals surface area contributed by atoms with E-state index in [1.807, 2.05) is 0 Å². The van der Waals surface area contributed by atoms with Crippen LogP contribution in [0.3, 0.4) is 0 Å². The van der Waals surface area contributed by atoms with Gasteiger partial charge in [0.1, 0.15) is 0 Å². The van der Waals surface area contributed by atoms with Gasteiger partial charge in [-0.1, -0.05) is 146 Å². The molecule has 1 aliphatic rings. The van der Waals surface area contributed by atoms with Gasteiger partial charge in [-0.15, -0.1) is 0 Å². The number of hydrogen-bond donors (Lipinski definition) is 0. The molecule has 10 aromatic rings. The number of benzene rings is 9. The second-order valence-electron chi connectivity index (χ2n) is 14.5. The highest BCUT2D eigenvalue weighted by atomic mass is 15.1. The zero-order valence-corrected chi connectivity index (χ0v) is 30.2. The highest BCUT2D eigenvalue weighted by Crippen LogP contribution is 2.57. The van der Waals surface area contributed by atoms with Crippen molar-refractivity contribution in [1.29, 1.82) is 0 Å². The van der Waals surface area contributed by atoms with Gasteiger partial charge in [0.25, 0.3) is 0 Å². The minimum Gasteiger partial charge on any atom is -0.311 e. The lowest BCUT2D eigenvalue weighted by Gasteiger charge is -2.35. The van der Waals surface area contributed by atoms with E-state index in [0.29, 0.717) is 0 Å². The average Bonchev–Trinajstić information content (AvgIpc) is 3.74. The van der Waals surface area contributed by atoms with Crippen molar-refractivity contribution in [2.45, 2.75) is 5.41 Å². The average molecular weight is 701 g/mol. The summed E-state index contributed by atoms with van der Waals surface area (Å²) in [4.78, 5) is 2.34. The smallest absolute Gasteiger partial charge is 0.0714 e. The normalized spacial score (nSPS) is 14.6. The van der Waals surface area contributed by atoms with E-state index >= 15 is 0 Å². The van der Waals surface area contributed by atoms with Gasteiger partial charge in [0.2, 0.25) is 0 Å². The van der Waals surface area contributed by atoms with Crippen molar-refractivity contribution in [2.24, 2.45) is 0 Å². The van der Waals surface area contributed by atoms with Crippen LogP contribution in [0.15, 0.2) is 218 Å². The summed E-state index contributed by atoms with van der Waals surface area (Å²) in [6, 6.07) is 80.1. The molecular weight excluding hydrogens is 665 g/mol. The monoisotopic (exact) mass is 700 g/mol. The van der Waals surface area contributed by atoms with Gasteiger partial charge < -0.3 is 9.47 Å².